The summed E-state index contributed by atoms with van der Waals surface area (Å²) in [7, 11) is 0. The number of hydrogen-bond acceptors (Lipinski definition) is 7. The first kappa shape index (κ1) is 17.8. The Kier molecular flexibility index (Phi) is 7.85. The van der Waals surface area contributed by atoms with Crippen LogP contribution in [0.15, 0.2) is 0 Å². The van der Waals surface area contributed by atoms with Crippen LogP contribution in [0, 0.1) is 0 Å². The second-order valence-electron chi connectivity index (χ2n) is 3.95. The van der Waals surface area contributed by atoms with Crippen LogP contribution in [0.4, 0.5) is 0 Å². The molecule has 0 bridgehead atoms. The summed E-state index contributed by atoms with van der Waals surface area (Å²) in [5.74, 6) is -4.45. The highest BCUT2D eigenvalue weighted by molar-refractivity contribution is 5.78. The number of aliphatic carboxylic acids is 1. The minimum atomic E-state index is -1.59. The third kappa shape index (κ3) is 8.00. The fourth-order valence-corrected chi connectivity index (χ4v) is 1.11. The summed E-state index contributed by atoms with van der Waals surface area (Å²) >= 11 is 0. The minimum Gasteiger partial charge on any atom is -0.481 e. The van der Waals surface area contributed by atoms with Crippen molar-refractivity contribution in [1.29, 1.82) is 0 Å². The third-order valence-electron chi connectivity index (χ3n) is 2.24. The van der Waals surface area contributed by atoms with E-state index in [2.05, 4.69) is 4.84 Å². The fraction of sp³-hybridized carbons (Fsp3) is 0.600. The van der Waals surface area contributed by atoms with Crippen molar-refractivity contribution in [2.75, 3.05) is 0 Å². The fourth-order valence-electron chi connectivity index (χ4n) is 1.11. The van der Waals surface area contributed by atoms with E-state index in [0.29, 0.717) is 0 Å². The van der Waals surface area contributed by atoms with Crippen LogP contribution in [0.3, 0.4) is 0 Å². The van der Waals surface area contributed by atoms with Gasteiger partial charge in [-0.3, -0.25) is 9.59 Å². The van der Waals surface area contributed by atoms with Gasteiger partial charge in [0.15, 0.2) is 0 Å². The Morgan fingerprint density at radius 2 is 1.75 bits per heavy atom. The van der Waals surface area contributed by atoms with Crippen LogP contribution >= 0.6 is 0 Å². The SMILES string of the molecule is NC(=O)CC[C@H](NOC(=O)[C@@H](N)CCC(=O)O)C([O])=O. The van der Waals surface area contributed by atoms with Gasteiger partial charge in [0, 0.05) is 12.8 Å². The van der Waals surface area contributed by atoms with Crippen LogP contribution in [-0.2, 0) is 29.1 Å². The molecular weight excluding hydrogens is 274 g/mol. The van der Waals surface area contributed by atoms with Crippen molar-refractivity contribution >= 4 is 23.8 Å². The van der Waals surface area contributed by atoms with Gasteiger partial charge < -0.3 is 21.4 Å². The lowest BCUT2D eigenvalue weighted by Crippen LogP contribution is -2.43. The standard InChI is InChI=1S/C10H16N3O7/c11-5(1-4-8(15)16)10(19)20-13-6(9(17)18)2-3-7(12)14/h5-6,13H,1-4,11H2,(H2,12,14)(H,15,16)/t5-,6-/m0/s1. The van der Waals surface area contributed by atoms with Gasteiger partial charge in [0.1, 0.15) is 12.1 Å². The van der Waals surface area contributed by atoms with E-state index in [4.69, 9.17) is 16.6 Å². The number of amides is 1. The zero-order valence-corrected chi connectivity index (χ0v) is 10.5. The molecule has 0 saturated carbocycles. The van der Waals surface area contributed by atoms with Gasteiger partial charge in [0.05, 0.1) is 0 Å². The molecule has 1 radical (unpaired) electrons. The van der Waals surface area contributed by atoms with E-state index in [0.717, 1.165) is 0 Å². The number of hydrogen-bond donors (Lipinski definition) is 4. The van der Waals surface area contributed by atoms with Crippen LogP contribution in [0.2, 0.25) is 0 Å². The molecule has 0 saturated heterocycles. The largest absolute Gasteiger partial charge is 0.481 e. The van der Waals surface area contributed by atoms with Gasteiger partial charge in [0.25, 0.3) is 0 Å². The molecule has 0 aromatic heterocycles. The lowest BCUT2D eigenvalue weighted by molar-refractivity contribution is -0.161. The van der Waals surface area contributed by atoms with Crippen molar-refractivity contribution in [1.82, 2.24) is 5.48 Å². The summed E-state index contributed by atoms with van der Waals surface area (Å²) in [6.45, 7) is 0. The molecule has 20 heavy (non-hydrogen) atoms. The molecule has 6 N–H and O–H groups in total. The van der Waals surface area contributed by atoms with E-state index in [1.807, 2.05) is 5.48 Å². The lowest BCUT2D eigenvalue weighted by Gasteiger charge is -2.14. The predicted octanol–water partition coefficient (Wildman–Crippen LogP) is -2.18. The smallest absolute Gasteiger partial charge is 0.375 e. The molecule has 0 aromatic rings. The van der Waals surface area contributed by atoms with Gasteiger partial charge in [0.2, 0.25) is 5.91 Å². The van der Waals surface area contributed by atoms with Gasteiger partial charge in [-0.05, 0) is 12.8 Å². The van der Waals surface area contributed by atoms with Crippen molar-refractivity contribution < 1.29 is 34.2 Å². The summed E-state index contributed by atoms with van der Waals surface area (Å²) in [5.41, 5.74) is 12.1. The number of hydroxylamine groups is 1. The number of primary amides is 1. The third-order valence-corrected chi connectivity index (χ3v) is 2.24. The molecule has 0 aromatic carbocycles. The van der Waals surface area contributed by atoms with Crippen molar-refractivity contribution in [3.63, 3.8) is 0 Å². The molecule has 0 spiro atoms. The Hall–Kier alpha value is -2.20. The quantitative estimate of drug-likeness (QED) is 0.327. The molecule has 2 atom stereocenters. The number of nitrogens with two attached hydrogens (primary N) is 2. The van der Waals surface area contributed by atoms with Crippen LogP contribution in [0.25, 0.3) is 0 Å². The predicted molar refractivity (Wildman–Crippen MR) is 62.0 cm³/mol. The van der Waals surface area contributed by atoms with Crippen molar-refractivity contribution in [3.8, 4) is 0 Å². The highest BCUT2D eigenvalue weighted by atomic mass is 16.7. The first-order chi connectivity index (χ1) is 9.23. The minimum absolute atomic E-state index is 0.160. The summed E-state index contributed by atoms with van der Waals surface area (Å²) in [4.78, 5) is 47.2. The van der Waals surface area contributed by atoms with Crippen molar-refractivity contribution in [2.45, 2.75) is 37.8 Å². The molecule has 10 heteroatoms. The number of carboxylic acid groups (broad SMARTS) is 1. The number of carbonyl (C=O) groups is 4. The van der Waals surface area contributed by atoms with E-state index in [1.165, 1.54) is 0 Å². The summed E-state index contributed by atoms with van der Waals surface area (Å²) in [5, 5.41) is 19.1. The number of carbonyl (C=O) groups excluding carboxylic acids is 3. The maximum Gasteiger partial charge on any atom is 0.375 e. The normalized spacial score (nSPS) is 13.2. The molecular formula is C10H16N3O7. The molecule has 1 amide bonds. The first-order valence-electron chi connectivity index (χ1n) is 5.66. The number of nitrogens with one attached hydrogen (secondary N) is 1. The van der Waals surface area contributed by atoms with Crippen molar-refractivity contribution in [2.24, 2.45) is 11.5 Å². The Morgan fingerprint density at radius 1 is 1.15 bits per heavy atom. The van der Waals surface area contributed by atoms with E-state index < -0.39 is 35.9 Å². The zero-order chi connectivity index (χ0) is 15.7. The Labute approximate surface area is 114 Å². The monoisotopic (exact) mass is 290 g/mol. The average Bonchev–Trinajstić information content (AvgIpc) is 2.34. The zero-order valence-electron chi connectivity index (χ0n) is 10.5. The number of carboxylic acids is 1. The molecule has 0 aliphatic rings. The number of rotatable bonds is 10. The molecule has 0 unspecified atom stereocenters. The van der Waals surface area contributed by atoms with Crippen LogP contribution in [0.1, 0.15) is 25.7 Å². The Balaban J connectivity index is 4.19. The summed E-state index contributed by atoms with van der Waals surface area (Å²) < 4.78 is 0. The molecule has 0 heterocycles. The van der Waals surface area contributed by atoms with Crippen LogP contribution in [-0.4, -0.2) is 41.0 Å². The van der Waals surface area contributed by atoms with Gasteiger partial charge in [-0.25, -0.2) is 14.7 Å². The lowest BCUT2D eigenvalue weighted by atomic mass is 10.1. The molecule has 10 nitrogen and oxygen atoms in total. The van der Waals surface area contributed by atoms with Crippen molar-refractivity contribution in [3.05, 3.63) is 0 Å². The molecule has 0 aliphatic carbocycles. The Bertz CT molecular complexity index is 385. The van der Waals surface area contributed by atoms with Crippen LogP contribution < -0.4 is 16.9 Å². The second kappa shape index (κ2) is 8.82. The van der Waals surface area contributed by atoms with Gasteiger partial charge in [-0.15, -0.1) is 5.48 Å². The Morgan fingerprint density at radius 3 is 2.20 bits per heavy atom. The molecule has 0 fully saturated rings. The first-order valence-corrected chi connectivity index (χ1v) is 5.66. The van der Waals surface area contributed by atoms with Gasteiger partial charge in [-0.2, -0.15) is 0 Å². The second-order valence-corrected chi connectivity index (χ2v) is 3.95. The van der Waals surface area contributed by atoms with E-state index in [1.54, 1.807) is 0 Å². The molecule has 113 valence electrons. The van der Waals surface area contributed by atoms with Gasteiger partial charge in [-0.1, -0.05) is 0 Å². The highest BCUT2D eigenvalue weighted by Gasteiger charge is 2.24. The summed E-state index contributed by atoms with van der Waals surface area (Å²) in [6, 6.07) is -2.63. The van der Waals surface area contributed by atoms with Crippen LogP contribution in [0.5, 0.6) is 0 Å². The van der Waals surface area contributed by atoms with E-state index in [9.17, 15) is 24.3 Å². The topological polar surface area (TPSA) is 182 Å². The van der Waals surface area contributed by atoms with E-state index in [-0.39, 0.29) is 25.7 Å². The maximum absolute atomic E-state index is 11.3. The average molecular weight is 290 g/mol. The molecule has 0 rings (SSSR count). The van der Waals surface area contributed by atoms with E-state index >= 15 is 0 Å². The van der Waals surface area contributed by atoms with Gasteiger partial charge >= 0.3 is 17.9 Å². The molecule has 0 aliphatic heterocycles. The summed E-state index contributed by atoms with van der Waals surface area (Å²) in [6.07, 6.45) is -0.960. The maximum atomic E-state index is 11.3. The highest BCUT2D eigenvalue weighted by Crippen LogP contribution is 2.00.